The maximum Gasteiger partial charge on any atom is 0.290 e. The molecule has 2 aromatic heterocycles. The molecule has 0 unspecified atom stereocenters. The molecule has 1 amide bonds. The monoisotopic (exact) mass is 309 g/mol. The van der Waals surface area contributed by atoms with Crippen molar-refractivity contribution < 1.29 is 13.6 Å². The molecule has 4 nitrogen and oxygen atoms in total. The lowest BCUT2D eigenvalue weighted by molar-refractivity contribution is 0.0683. The summed E-state index contributed by atoms with van der Waals surface area (Å²) in [5, 5.41) is 0. The lowest BCUT2D eigenvalue weighted by atomic mass is 10.3. The van der Waals surface area contributed by atoms with Gasteiger partial charge in [-0.05, 0) is 53.0 Å². The average Bonchev–Trinajstić information content (AvgIpc) is 2.88. The maximum absolute atomic E-state index is 12.3. The van der Waals surface area contributed by atoms with Gasteiger partial charge in [-0.3, -0.25) is 4.79 Å². The molecule has 3 rings (SSSR count). The molecule has 2 aromatic rings. The zero-order valence-corrected chi connectivity index (χ0v) is 11.2. The predicted molar refractivity (Wildman–Crippen MR) is 68.0 cm³/mol. The summed E-state index contributed by atoms with van der Waals surface area (Å²) in [5.74, 6) is 1.07. The van der Waals surface area contributed by atoms with Crippen LogP contribution in [0.25, 0.3) is 0 Å². The fraction of sp³-hybridized carbons (Fsp3) is 0.308. The minimum Gasteiger partial charge on any atom is -0.467 e. The third-order valence-electron chi connectivity index (χ3n) is 2.94. The molecule has 0 N–H and O–H groups in total. The van der Waals surface area contributed by atoms with E-state index in [0.717, 1.165) is 18.6 Å². The summed E-state index contributed by atoms with van der Waals surface area (Å²) in [4.78, 5) is 14.1. The number of carbonyl (C=O) groups excluding carboxylic acids is 1. The van der Waals surface area contributed by atoms with Crippen LogP contribution in [0.3, 0.4) is 0 Å². The summed E-state index contributed by atoms with van der Waals surface area (Å²) in [6.07, 6.45) is 3.72. The van der Waals surface area contributed by atoms with Gasteiger partial charge in [0, 0.05) is 6.04 Å². The van der Waals surface area contributed by atoms with Gasteiger partial charge in [-0.25, -0.2) is 0 Å². The van der Waals surface area contributed by atoms with Gasteiger partial charge >= 0.3 is 0 Å². The highest BCUT2D eigenvalue weighted by Gasteiger charge is 2.34. The minimum absolute atomic E-state index is 0.0837. The Balaban J connectivity index is 1.79. The summed E-state index contributed by atoms with van der Waals surface area (Å²) < 4.78 is 11.2. The van der Waals surface area contributed by atoms with Crippen LogP contribution >= 0.6 is 15.9 Å². The van der Waals surface area contributed by atoms with Crippen molar-refractivity contribution in [3.63, 3.8) is 0 Å². The third kappa shape index (κ3) is 2.36. The van der Waals surface area contributed by atoms with Crippen LogP contribution in [0.15, 0.2) is 44.0 Å². The molecule has 0 radical (unpaired) electrons. The largest absolute Gasteiger partial charge is 0.467 e. The molecule has 18 heavy (non-hydrogen) atoms. The summed E-state index contributed by atoms with van der Waals surface area (Å²) in [6.45, 7) is 0.495. The highest BCUT2D eigenvalue weighted by atomic mass is 79.9. The minimum atomic E-state index is -0.0837. The number of carbonyl (C=O) groups is 1. The molecule has 5 heteroatoms. The van der Waals surface area contributed by atoms with Crippen molar-refractivity contribution in [3.05, 3.63) is 46.7 Å². The van der Waals surface area contributed by atoms with Crippen molar-refractivity contribution in [3.8, 4) is 0 Å². The van der Waals surface area contributed by atoms with Crippen molar-refractivity contribution in [1.29, 1.82) is 0 Å². The number of amides is 1. The van der Waals surface area contributed by atoms with Gasteiger partial charge in [-0.2, -0.15) is 0 Å². The fourth-order valence-corrected chi connectivity index (χ4v) is 2.20. The van der Waals surface area contributed by atoms with E-state index >= 15 is 0 Å². The van der Waals surface area contributed by atoms with Crippen LogP contribution in [-0.2, 0) is 6.54 Å². The van der Waals surface area contributed by atoms with Gasteiger partial charge in [0.1, 0.15) is 5.76 Å². The topological polar surface area (TPSA) is 46.6 Å². The van der Waals surface area contributed by atoms with E-state index in [1.165, 1.54) is 0 Å². The van der Waals surface area contributed by atoms with Gasteiger partial charge in [-0.15, -0.1) is 0 Å². The predicted octanol–water partition coefficient (Wildman–Crippen LogP) is 3.44. The molecule has 1 saturated carbocycles. The molecule has 0 aliphatic heterocycles. The molecule has 1 aliphatic rings. The Kier molecular flexibility index (Phi) is 2.99. The van der Waals surface area contributed by atoms with E-state index < -0.39 is 0 Å². The van der Waals surface area contributed by atoms with Crippen molar-refractivity contribution in [2.45, 2.75) is 25.4 Å². The Labute approximate surface area is 113 Å². The second-order valence-electron chi connectivity index (χ2n) is 4.35. The molecule has 0 bridgehead atoms. The van der Waals surface area contributed by atoms with Gasteiger partial charge in [0.25, 0.3) is 5.91 Å². The van der Waals surface area contributed by atoms with Crippen LogP contribution in [0, 0.1) is 0 Å². The van der Waals surface area contributed by atoms with Gasteiger partial charge in [0.2, 0.25) is 0 Å². The zero-order valence-electron chi connectivity index (χ0n) is 9.64. The first-order valence-corrected chi connectivity index (χ1v) is 6.62. The lowest BCUT2D eigenvalue weighted by Crippen LogP contribution is -2.32. The second-order valence-corrected chi connectivity index (χ2v) is 5.13. The number of hydrogen-bond donors (Lipinski definition) is 0. The molecule has 1 fully saturated rings. The summed E-state index contributed by atoms with van der Waals surface area (Å²) in [6, 6.07) is 7.43. The van der Waals surface area contributed by atoms with E-state index in [4.69, 9.17) is 8.83 Å². The summed E-state index contributed by atoms with van der Waals surface area (Å²) in [7, 11) is 0. The first kappa shape index (κ1) is 11.6. The van der Waals surface area contributed by atoms with E-state index in [1.54, 1.807) is 18.4 Å². The molecular weight excluding hydrogens is 298 g/mol. The Hall–Kier alpha value is -1.49. The smallest absolute Gasteiger partial charge is 0.290 e. The van der Waals surface area contributed by atoms with Gasteiger partial charge < -0.3 is 13.7 Å². The van der Waals surface area contributed by atoms with Gasteiger partial charge in [0.05, 0.1) is 12.8 Å². The Morgan fingerprint density at radius 1 is 1.39 bits per heavy atom. The molecule has 94 valence electrons. The van der Waals surface area contributed by atoms with E-state index in [9.17, 15) is 4.79 Å². The highest BCUT2D eigenvalue weighted by Crippen LogP contribution is 2.30. The van der Waals surface area contributed by atoms with Crippen LogP contribution in [-0.4, -0.2) is 16.8 Å². The maximum atomic E-state index is 12.3. The van der Waals surface area contributed by atoms with Crippen LogP contribution in [0.5, 0.6) is 0 Å². The van der Waals surface area contributed by atoms with Crippen molar-refractivity contribution in [1.82, 2.24) is 4.90 Å². The SMILES string of the molecule is O=C(c1ccc(Br)o1)N(Cc1ccco1)C1CC1. The van der Waals surface area contributed by atoms with Crippen molar-refractivity contribution in [2.24, 2.45) is 0 Å². The lowest BCUT2D eigenvalue weighted by Gasteiger charge is -2.19. The van der Waals surface area contributed by atoms with E-state index in [1.807, 2.05) is 17.0 Å². The molecule has 2 heterocycles. The molecule has 1 aliphatic carbocycles. The summed E-state index contributed by atoms with van der Waals surface area (Å²) in [5.41, 5.74) is 0. The first-order valence-electron chi connectivity index (χ1n) is 5.83. The number of hydrogen-bond acceptors (Lipinski definition) is 3. The Morgan fingerprint density at radius 3 is 2.78 bits per heavy atom. The van der Waals surface area contributed by atoms with Crippen molar-refractivity contribution >= 4 is 21.8 Å². The van der Waals surface area contributed by atoms with E-state index in [0.29, 0.717) is 23.0 Å². The number of furan rings is 2. The molecule has 0 saturated heterocycles. The molecule has 0 aromatic carbocycles. The summed E-state index contributed by atoms with van der Waals surface area (Å²) >= 11 is 3.21. The Morgan fingerprint density at radius 2 is 2.22 bits per heavy atom. The van der Waals surface area contributed by atoms with Gasteiger partial charge in [-0.1, -0.05) is 0 Å². The van der Waals surface area contributed by atoms with E-state index in [2.05, 4.69) is 15.9 Å². The van der Waals surface area contributed by atoms with E-state index in [-0.39, 0.29) is 5.91 Å². The van der Waals surface area contributed by atoms with Crippen LogP contribution in [0.4, 0.5) is 0 Å². The average molecular weight is 310 g/mol. The van der Waals surface area contributed by atoms with Gasteiger partial charge in [0.15, 0.2) is 10.4 Å². The first-order chi connectivity index (χ1) is 8.74. The number of halogens is 1. The molecule has 0 atom stereocenters. The fourth-order valence-electron chi connectivity index (χ4n) is 1.89. The third-order valence-corrected chi connectivity index (χ3v) is 3.36. The number of rotatable bonds is 4. The quantitative estimate of drug-likeness (QED) is 0.869. The molecular formula is C13H12BrNO3. The second kappa shape index (κ2) is 4.65. The standard InChI is InChI=1S/C13H12BrNO3/c14-12-6-5-11(18-12)13(16)15(9-3-4-9)8-10-2-1-7-17-10/h1-2,5-7,9H,3-4,8H2. The Bertz CT molecular complexity index is 542. The van der Waals surface area contributed by atoms with Crippen molar-refractivity contribution in [2.75, 3.05) is 0 Å². The van der Waals surface area contributed by atoms with Crippen LogP contribution < -0.4 is 0 Å². The van der Waals surface area contributed by atoms with Crippen LogP contribution in [0.2, 0.25) is 0 Å². The van der Waals surface area contributed by atoms with Crippen LogP contribution in [0.1, 0.15) is 29.2 Å². The highest BCUT2D eigenvalue weighted by molar-refractivity contribution is 9.10. The molecule has 0 spiro atoms. The number of nitrogens with zero attached hydrogens (tertiary/aromatic N) is 1. The normalized spacial score (nSPS) is 14.7. The zero-order chi connectivity index (χ0) is 12.5.